The van der Waals surface area contributed by atoms with E-state index in [9.17, 15) is 5.11 Å². The van der Waals surface area contributed by atoms with Gasteiger partial charge in [0.25, 0.3) is 0 Å². The molecule has 0 aliphatic carbocycles. The number of likely N-dealkylation sites (N-methyl/N-ethyl adjacent to an activating group) is 1. The summed E-state index contributed by atoms with van der Waals surface area (Å²) in [5.74, 6) is 1.61. The summed E-state index contributed by atoms with van der Waals surface area (Å²) >= 11 is 0. The Morgan fingerprint density at radius 3 is 2.56 bits per heavy atom. The lowest BCUT2D eigenvalue weighted by Crippen LogP contribution is -2.38. The molecular formula is C13H24N4O. The van der Waals surface area contributed by atoms with Crippen molar-refractivity contribution in [1.29, 1.82) is 0 Å². The summed E-state index contributed by atoms with van der Waals surface area (Å²) in [6.45, 7) is 9.76. The predicted molar refractivity (Wildman–Crippen MR) is 73.6 cm³/mol. The normalized spacial score (nSPS) is 11.9. The summed E-state index contributed by atoms with van der Waals surface area (Å²) in [4.78, 5) is 11.0. The molecule has 0 spiro atoms. The molecule has 0 atom stereocenters. The average Bonchev–Trinajstić information content (AvgIpc) is 2.25. The van der Waals surface area contributed by atoms with Crippen molar-refractivity contribution in [3.05, 3.63) is 17.6 Å². The van der Waals surface area contributed by atoms with Gasteiger partial charge in [-0.15, -0.1) is 0 Å². The second kappa shape index (κ2) is 6.11. The number of aliphatic hydroxyl groups is 1. The minimum atomic E-state index is -0.703. The number of hydrogen-bond acceptors (Lipinski definition) is 5. The number of rotatable bonds is 6. The van der Waals surface area contributed by atoms with Gasteiger partial charge in [0.2, 0.25) is 0 Å². The van der Waals surface area contributed by atoms with Crippen molar-refractivity contribution in [2.24, 2.45) is 0 Å². The van der Waals surface area contributed by atoms with Gasteiger partial charge in [-0.25, -0.2) is 9.97 Å². The van der Waals surface area contributed by atoms with Crippen LogP contribution in [-0.2, 0) is 6.54 Å². The Labute approximate surface area is 109 Å². The fraction of sp³-hybridized carbons (Fsp3) is 0.692. The lowest BCUT2D eigenvalue weighted by atomic mass is 10.1. The van der Waals surface area contributed by atoms with Crippen molar-refractivity contribution in [3.8, 4) is 0 Å². The Hall–Kier alpha value is -1.20. The minimum absolute atomic E-state index is 0.607. The van der Waals surface area contributed by atoms with Crippen molar-refractivity contribution in [1.82, 2.24) is 14.9 Å². The van der Waals surface area contributed by atoms with Crippen LogP contribution >= 0.6 is 0 Å². The predicted octanol–water partition coefficient (Wildman–Crippen LogP) is 1.42. The second-order valence-electron chi connectivity index (χ2n) is 5.18. The molecule has 1 heterocycles. The molecule has 5 nitrogen and oxygen atoms in total. The quantitative estimate of drug-likeness (QED) is 0.802. The van der Waals surface area contributed by atoms with Gasteiger partial charge in [0.1, 0.15) is 11.6 Å². The van der Waals surface area contributed by atoms with Crippen LogP contribution in [0.25, 0.3) is 0 Å². The van der Waals surface area contributed by atoms with Crippen LogP contribution in [0, 0.1) is 6.92 Å². The van der Waals surface area contributed by atoms with E-state index in [1.807, 2.05) is 33.9 Å². The first-order valence-electron chi connectivity index (χ1n) is 6.31. The smallest absolute Gasteiger partial charge is 0.144 e. The van der Waals surface area contributed by atoms with E-state index in [-0.39, 0.29) is 0 Å². The van der Waals surface area contributed by atoms with Gasteiger partial charge in [0.15, 0.2) is 0 Å². The van der Waals surface area contributed by atoms with E-state index in [1.54, 1.807) is 0 Å². The van der Waals surface area contributed by atoms with Crippen LogP contribution in [0.4, 0.5) is 5.82 Å². The van der Waals surface area contributed by atoms with Crippen LogP contribution in [0.1, 0.15) is 32.3 Å². The first kappa shape index (κ1) is 14.9. The molecule has 0 saturated heterocycles. The van der Waals surface area contributed by atoms with E-state index < -0.39 is 5.60 Å². The highest BCUT2D eigenvalue weighted by Crippen LogP contribution is 2.10. The molecule has 1 rings (SSSR count). The maximum absolute atomic E-state index is 9.86. The number of aryl methyl sites for hydroxylation is 1. The van der Waals surface area contributed by atoms with E-state index in [1.165, 1.54) is 0 Å². The summed E-state index contributed by atoms with van der Waals surface area (Å²) in [6.07, 6.45) is 0. The fourth-order valence-corrected chi connectivity index (χ4v) is 1.86. The van der Waals surface area contributed by atoms with E-state index >= 15 is 0 Å². The molecule has 0 aromatic carbocycles. The fourth-order valence-electron chi connectivity index (χ4n) is 1.86. The van der Waals surface area contributed by atoms with Gasteiger partial charge in [-0.1, -0.05) is 6.92 Å². The molecule has 1 aromatic heterocycles. The molecule has 0 aliphatic rings. The van der Waals surface area contributed by atoms with Gasteiger partial charge in [-0.2, -0.15) is 0 Å². The Morgan fingerprint density at radius 2 is 2.06 bits per heavy atom. The molecule has 0 fully saturated rings. The number of anilines is 1. The third-order valence-corrected chi connectivity index (χ3v) is 2.58. The van der Waals surface area contributed by atoms with Gasteiger partial charge < -0.3 is 10.4 Å². The second-order valence-corrected chi connectivity index (χ2v) is 5.18. The van der Waals surface area contributed by atoms with E-state index in [0.29, 0.717) is 13.1 Å². The summed E-state index contributed by atoms with van der Waals surface area (Å²) in [5.41, 5.74) is 0.245. The van der Waals surface area contributed by atoms with Crippen molar-refractivity contribution < 1.29 is 5.11 Å². The van der Waals surface area contributed by atoms with Crippen molar-refractivity contribution in [2.45, 2.75) is 39.8 Å². The molecule has 5 heteroatoms. The maximum atomic E-state index is 9.86. The monoisotopic (exact) mass is 252 g/mol. The number of aromatic nitrogens is 2. The Morgan fingerprint density at radius 1 is 1.39 bits per heavy atom. The maximum Gasteiger partial charge on any atom is 0.144 e. The van der Waals surface area contributed by atoms with Crippen LogP contribution in [0.3, 0.4) is 0 Å². The highest BCUT2D eigenvalue weighted by atomic mass is 16.3. The molecule has 0 radical (unpaired) electrons. The van der Waals surface area contributed by atoms with E-state index in [2.05, 4.69) is 27.1 Å². The Bertz CT molecular complexity index is 387. The molecule has 0 unspecified atom stereocenters. The summed E-state index contributed by atoms with van der Waals surface area (Å²) in [7, 11) is 1.85. The molecule has 102 valence electrons. The molecule has 0 saturated carbocycles. The number of hydrogen-bond donors (Lipinski definition) is 2. The number of nitrogens with one attached hydrogen (secondary N) is 1. The third kappa shape index (κ3) is 4.98. The van der Waals surface area contributed by atoms with Gasteiger partial charge in [-0.05, 0) is 27.3 Å². The van der Waals surface area contributed by atoms with Crippen molar-refractivity contribution in [3.63, 3.8) is 0 Å². The molecule has 0 amide bonds. The SMILES string of the molecule is CCN(Cc1nc(C)cc(NC)n1)CC(C)(C)O. The number of nitrogens with zero attached hydrogens (tertiary/aromatic N) is 3. The molecule has 2 N–H and O–H groups in total. The molecule has 18 heavy (non-hydrogen) atoms. The molecule has 0 bridgehead atoms. The Kier molecular flexibility index (Phi) is 5.04. The third-order valence-electron chi connectivity index (χ3n) is 2.58. The van der Waals surface area contributed by atoms with Crippen LogP contribution in [-0.4, -0.2) is 45.7 Å². The lowest BCUT2D eigenvalue weighted by molar-refractivity contribution is 0.0346. The van der Waals surface area contributed by atoms with Crippen molar-refractivity contribution in [2.75, 3.05) is 25.5 Å². The lowest BCUT2D eigenvalue weighted by Gasteiger charge is -2.27. The topological polar surface area (TPSA) is 61.3 Å². The zero-order chi connectivity index (χ0) is 13.8. The molecule has 1 aromatic rings. The van der Waals surface area contributed by atoms with Crippen LogP contribution in [0.5, 0.6) is 0 Å². The molecule has 0 aliphatic heterocycles. The Balaban J connectivity index is 2.78. The average molecular weight is 252 g/mol. The van der Waals surface area contributed by atoms with Gasteiger partial charge >= 0.3 is 0 Å². The highest BCUT2D eigenvalue weighted by molar-refractivity contribution is 5.34. The van der Waals surface area contributed by atoms with Crippen LogP contribution in [0.2, 0.25) is 0 Å². The van der Waals surface area contributed by atoms with Gasteiger partial charge in [-0.3, -0.25) is 4.90 Å². The van der Waals surface area contributed by atoms with Crippen LogP contribution in [0.15, 0.2) is 6.07 Å². The zero-order valence-electron chi connectivity index (χ0n) is 12.0. The van der Waals surface area contributed by atoms with E-state index in [4.69, 9.17) is 0 Å². The highest BCUT2D eigenvalue weighted by Gasteiger charge is 2.18. The first-order valence-corrected chi connectivity index (χ1v) is 6.31. The first-order chi connectivity index (χ1) is 8.34. The van der Waals surface area contributed by atoms with Crippen LogP contribution < -0.4 is 5.32 Å². The standard InChI is InChI=1S/C13H24N4O/c1-6-17(9-13(3,4)18)8-12-15-10(2)7-11(14-5)16-12/h7,18H,6,8-9H2,1-5H3,(H,14,15,16). The van der Waals surface area contributed by atoms with Crippen molar-refractivity contribution >= 4 is 5.82 Å². The summed E-state index contributed by atoms with van der Waals surface area (Å²) in [6, 6.07) is 1.91. The van der Waals surface area contributed by atoms with E-state index in [0.717, 1.165) is 23.9 Å². The van der Waals surface area contributed by atoms with Gasteiger partial charge in [0.05, 0.1) is 12.1 Å². The summed E-state index contributed by atoms with van der Waals surface area (Å²) in [5, 5.41) is 12.9. The molecular weight excluding hydrogens is 228 g/mol. The van der Waals surface area contributed by atoms with Gasteiger partial charge in [0, 0.05) is 25.4 Å². The largest absolute Gasteiger partial charge is 0.389 e. The minimum Gasteiger partial charge on any atom is -0.389 e. The summed E-state index contributed by atoms with van der Waals surface area (Å²) < 4.78 is 0. The zero-order valence-corrected chi connectivity index (χ0v) is 12.0.